The highest BCUT2D eigenvalue weighted by Crippen LogP contribution is 2.51. The molecular weight excluding hydrogens is 424 g/mol. The number of alkyl halides is 10. The van der Waals surface area contributed by atoms with Gasteiger partial charge in [0.15, 0.2) is 5.69 Å². The topological polar surface area (TPSA) is 29.9 Å². The Kier molecular flexibility index (Phi) is 5.58. The van der Waals surface area contributed by atoms with E-state index in [1.165, 1.54) is 18.2 Å². The molecule has 0 unspecified atom stereocenters. The molecule has 0 spiro atoms. The molecule has 0 saturated carbocycles. The number of nitrogens with zero attached hydrogens (tertiary/aromatic N) is 2. The predicted octanol–water partition coefficient (Wildman–Crippen LogP) is 5.59. The second kappa shape index (κ2) is 7.10. The van der Waals surface area contributed by atoms with E-state index in [9.17, 15) is 43.9 Å². The lowest BCUT2D eigenvalue weighted by molar-refractivity contribution is -0.302. The van der Waals surface area contributed by atoms with Crippen molar-refractivity contribution < 1.29 is 43.9 Å². The fraction of sp³-hybridized carbons (Fsp3) is 0.438. The fourth-order valence-corrected chi connectivity index (χ4v) is 2.54. The van der Waals surface area contributed by atoms with Gasteiger partial charge in [-0.05, 0) is 24.1 Å². The molecule has 2 aromatic rings. The average Bonchev–Trinajstić information content (AvgIpc) is 2.98. The summed E-state index contributed by atoms with van der Waals surface area (Å²) in [7, 11) is 1.59. The van der Waals surface area contributed by atoms with E-state index in [0.29, 0.717) is 11.3 Å². The zero-order valence-electron chi connectivity index (χ0n) is 14.7. The van der Waals surface area contributed by atoms with Crippen molar-refractivity contribution in [3.05, 3.63) is 46.8 Å². The van der Waals surface area contributed by atoms with E-state index in [1.807, 2.05) is 0 Å². The van der Waals surface area contributed by atoms with Crippen LogP contribution >= 0.6 is 0 Å². The smallest absolute Gasteiger partial charge is 0.388 e. The van der Waals surface area contributed by atoms with Gasteiger partial charge in [0.2, 0.25) is 0 Å². The highest BCUT2D eigenvalue weighted by Gasteiger charge is 2.67. The summed E-state index contributed by atoms with van der Waals surface area (Å²) in [5.74, 6) is -12.0. The third-order valence-electron chi connectivity index (χ3n) is 4.01. The Morgan fingerprint density at radius 3 is 1.90 bits per heavy atom. The fourth-order valence-electron chi connectivity index (χ4n) is 2.54. The molecule has 0 aliphatic rings. The summed E-state index contributed by atoms with van der Waals surface area (Å²) in [5.41, 5.74) is -3.78. The Bertz CT molecular complexity index is 837. The van der Waals surface area contributed by atoms with E-state index in [-0.39, 0.29) is 16.4 Å². The van der Waals surface area contributed by atoms with Gasteiger partial charge in [0.05, 0.1) is 12.1 Å². The molecule has 0 bridgehead atoms. The summed E-state index contributed by atoms with van der Waals surface area (Å²) in [4.78, 5) is 0. The molecule has 13 heteroatoms. The molecule has 162 valence electrons. The van der Waals surface area contributed by atoms with Crippen LogP contribution in [0.1, 0.15) is 22.4 Å². The summed E-state index contributed by atoms with van der Waals surface area (Å²) < 4.78 is 131. The third-order valence-corrected chi connectivity index (χ3v) is 4.01. The molecule has 1 aromatic carbocycles. The van der Waals surface area contributed by atoms with E-state index >= 15 is 0 Å². The van der Waals surface area contributed by atoms with Crippen molar-refractivity contribution in [3.8, 4) is 0 Å². The molecule has 1 aromatic heterocycles. The maximum absolute atomic E-state index is 13.7. The minimum Gasteiger partial charge on any atom is -0.388 e. The first-order valence-electron chi connectivity index (χ1n) is 7.77. The average molecular weight is 437 g/mol. The molecule has 0 atom stereocenters. The van der Waals surface area contributed by atoms with Crippen LogP contribution in [-0.2, 0) is 18.4 Å². The lowest BCUT2D eigenvalue weighted by atomic mass is 10.0. The number of anilines is 1. The van der Waals surface area contributed by atoms with Crippen molar-refractivity contribution in [3.63, 3.8) is 0 Å². The minimum atomic E-state index is -6.42. The van der Waals surface area contributed by atoms with Crippen LogP contribution in [0.5, 0.6) is 0 Å². The van der Waals surface area contributed by atoms with Crippen molar-refractivity contribution in [2.24, 2.45) is 0 Å². The lowest BCUT2D eigenvalue weighted by Crippen LogP contribution is -2.40. The van der Waals surface area contributed by atoms with Crippen LogP contribution in [0.3, 0.4) is 0 Å². The molecular formula is C16H13F10N3. The maximum Gasteiger partial charge on any atom is 0.459 e. The van der Waals surface area contributed by atoms with Gasteiger partial charge in [0.1, 0.15) is 0 Å². The van der Waals surface area contributed by atoms with Gasteiger partial charge < -0.3 is 5.32 Å². The quantitative estimate of drug-likeness (QED) is 0.619. The minimum absolute atomic E-state index is 0.149. The Hall–Kier alpha value is -2.47. The second-order valence-corrected chi connectivity index (χ2v) is 6.13. The molecule has 0 radical (unpaired) electrons. The van der Waals surface area contributed by atoms with E-state index in [4.69, 9.17) is 0 Å². The van der Waals surface area contributed by atoms with Crippen molar-refractivity contribution in [2.45, 2.75) is 37.7 Å². The Balaban J connectivity index is 2.60. The van der Waals surface area contributed by atoms with Gasteiger partial charge in [-0.2, -0.15) is 49.0 Å². The number of halogens is 10. The number of aromatic nitrogens is 2. The molecule has 1 heterocycles. The second-order valence-electron chi connectivity index (χ2n) is 6.13. The number of benzene rings is 1. The van der Waals surface area contributed by atoms with E-state index in [2.05, 4.69) is 10.4 Å². The third kappa shape index (κ3) is 4.13. The van der Waals surface area contributed by atoms with Gasteiger partial charge in [-0.3, -0.25) is 4.68 Å². The first-order valence-corrected chi connectivity index (χ1v) is 7.77. The highest BCUT2D eigenvalue weighted by atomic mass is 19.4. The lowest BCUT2D eigenvalue weighted by Gasteiger charge is -2.23. The SMILES string of the molecule is CNc1ccc(Cn2cc(C(F)(F)C(F)(F)F)c(C(F)(F)C(F)(F)F)n2)cc1C. The van der Waals surface area contributed by atoms with Crippen molar-refractivity contribution in [1.29, 1.82) is 0 Å². The monoisotopic (exact) mass is 437 g/mol. The van der Waals surface area contributed by atoms with Crippen molar-refractivity contribution in [1.82, 2.24) is 9.78 Å². The first-order chi connectivity index (χ1) is 13.0. The number of hydrogen-bond donors (Lipinski definition) is 1. The Labute approximate surface area is 157 Å². The van der Waals surface area contributed by atoms with Crippen LogP contribution in [0, 0.1) is 6.92 Å². The largest absolute Gasteiger partial charge is 0.459 e. The number of aryl methyl sites for hydroxylation is 1. The van der Waals surface area contributed by atoms with Crippen molar-refractivity contribution >= 4 is 5.69 Å². The summed E-state index contributed by atoms with van der Waals surface area (Å²) in [6, 6.07) is 4.32. The Morgan fingerprint density at radius 2 is 1.45 bits per heavy atom. The van der Waals surface area contributed by atoms with E-state index in [0.717, 1.165) is 0 Å². The predicted molar refractivity (Wildman–Crippen MR) is 82.0 cm³/mol. The first kappa shape index (κ1) is 22.8. The standard InChI is InChI=1S/C16H13F10N3/c1-8-5-9(3-4-11(8)27-2)6-29-7-10(13(17,18)15(21,22)23)12(28-29)14(19,20)16(24,25)26/h3-5,7,27H,6H2,1-2H3. The van der Waals surface area contributed by atoms with Gasteiger partial charge >= 0.3 is 24.2 Å². The van der Waals surface area contributed by atoms with Gasteiger partial charge in [0.25, 0.3) is 0 Å². The maximum atomic E-state index is 13.7. The summed E-state index contributed by atoms with van der Waals surface area (Å²) in [5, 5.41) is 5.55. The summed E-state index contributed by atoms with van der Waals surface area (Å²) >= 11 is 0. The molecule has 29 heavy (non-hydrogen) atoms. The van der Waals surface area contributed by atoms with Crippen LogP contribution in [0.2, 0.25) is 0 Å². The van der Waals surface area contributed by atoms with Crippen LogP contribution in [0.15, 0.2) is 24.4 Å². The van der Waals surface area contributed by atoms with Gasteiger partial charge in [-0.15, -0.1) is 0 Å². The van der Waals surface area contributed by atoms with E-state index in [1.54, 1.807) is 14.0 Å². The van der Waals surface area contributed by atoms with Gasteiger partial charge in [0, 0.05) is 18.9 Å². The summed E-state index contributed by atoms with van der Waals surface area (Å²) in [6.45, 7) is 1.00. The van der Waals surface area contributed by atoms with Crippen LogP contribution in [-0.4, -0.2) is 29.2 Å². The number of rotatable bonds is 5. The van der Waals surface area contributed by atoms with Crippen LogP contribution < -0.4 is 5.32 Å². The Morgan fingerprint density at radius 1 is 0.897 bits per heavy atom. The molecule has 3 nitrogen and oxygen atoms in total. The molecule has 0 aliphatic heterocycles. The van der Waals surface area contributed by atoms with E-state index < -0.39 is 42.0 Å². The van der Waals surface area contributed by atoms with Gasteiger partial charge in [-0.25, -0.2) is 0 Å². The molecule has 0 amide bonds. The summed E-state index contributed by atoms with van der Waals surface area (Å²) in [6.07, 6.45) is -13.0. The zero-order chi connectivity index (χ0) is 22.4. The van der Waals surface area contributed by atoms with Crippen LogP contribution in [0.25, 0.3) is 0 Å². The molecule has 0 saturated heterocycles. The molecule has 1 N–H and O–H groups in total. The molecule has 2 rings (SSSR count). The van der Waals surface area contributed by atoms with Crippen LogP contribution in [0.4, 0.5) is 49.6 Å². The number of nitrogens with one attached hydrogen (secondary N) is 1. The number of hydrogen-bond acceptors (Lipinski definition) is 2. The molecule has 0 fully saturated rings. The molecule has 0 aliphatic carbocycles. The highest BCUT2D eigenvalue weighted by molar-refractivity contribution is 5.51. The normalized spacial score (nSPS) is 13.7. The van der Waals surface area contributed by atoms with Crippen molar-refractivity contribution in [2.75, 3.05) is 12.4 Å². The zero-order valence-corrected chi connectivity index (χ0v) is 14.7. The van der Waals surface area contributed by atoms with Gasteiger partial charge in [-0.1, -0.05) is 12.1 Å².